The lowest BCUT2D eigenvalue weighted by Crippen LogP contribution is -2.14. The molecule has 0 saturated heterocycles. The van der Waals surface area contributed by atoms with Crippen LogP contribution in [0.3, 0.4) is 0 Å². The fourth-order valence-electron chi connectivity index (χ4n) is 18.8. The van der Waals surface area contributed by atoms with E-state index in [1.807, 2.05) is 54.6 Å². The first-order valence-electron chi connectivity index (χ1n) is 47.4. The third-order valence-corrected chi connectivity index (χ3v) is 26.3. The largest absolute Gasteiger partial charge is 0.507 e. The van der Waals surface area contributed by atoms with Crippen LogP contribution in [0.5, 0.6) is 69.8 Å². The number of phenols is 6. The van der Waals surface area contributed by atoms with Crippen LogP contribution in [0.25, 0.3) is 144 Å². The lowest BCUT2D eigenvalue weighted by Gasteiger charge is -2.17. The van der Waals surface area contributed by atoms with Crippen LogP contribution in [0.15, 0.2) is 200 Å². The summed E-state index contributed by atoms with van der Waals surface area (Å²) >= 11 is 0. The van der Waals surface area contributed by atoms with Crippen LogP contribution in [0.2, 0.25) is 0 Å². The van der Waals surface area contributed by atoms with E-state index in [-0.39, 0.29) is 105 Å². The Morgan fingerprint density at radius 3 is 0.985 bits per heavy atom. The van der Waals surface area contributed by atoms with Gasteiger partial charge in [-0.15, -0.1) is 0 Å². The van der Waals surface area contributed by atoms with Gasteiger partial charge in [-0.05, 0) is 208 Å². The molecule has 3 aliphatic carbocycles. The zero-order chi connectivity index (χ0) is 90.4. The first-order valence-corrected chi connectivity index (χ1v) is 47.4. The van der Waals surface area contributed by atoms with Crippen molar-refractivity contribution in [3.8, 4) is 138 Å². The topological polar surface area (TPSA) is 293 Å². The Kier molecular flexibility index (Phi) is 28.4. The van der Waals surface area contributed by atoms with Gasteiger partial charge in [0.15, 0.2) is 34.9 Å². The van der Waals surface area contributed by atoms with Crippen LogP contribution in [-0.2, 0) is 0 Å². The van der Waals surface area contributed by atoms with E-state index < -0.39 is 0 Å². The van der Waals surface area contributed by atoms with Crippen molar-refractivity contribution in [2.24, 2.45) is 17.8 Å². The van der Waals surface area contributed by atoms with E-state index in [9.17, 15) is 30.6 Å². The van der Waals surface area contributed by atoms with Gasteiger partial charge in [0.05, 0.1) is 19.8 Å². The molecule has 13 aromatic carbocycles. The van der Waals surface area contributed by atoms with Gasteiger partial charge in [-0.1, -0.05) is 245 Å². The fourth-order valence-corrected chi connectivity index (χ4v) is 18.8. The number of hydrogen-bond acceptors (Lipinski definition) is 21. The molecule has 6 N–H and O–H groups in total. The van der Waals surface area contributed by atoms with Crippen LogP contribution >= 0.6 is 0 Å². The summed E-state index contributed by atoms with van der Waals surface area (Å²) in [6.07, 6.45) is 25.5. The molecule has 3 aliphatic rings. The molecule has 0 aliphatic heterocycles. The number of unbranched alkanes of at least 4 members (excludes halogenated alkanes) is 3. The van der Waals surface area contributed by atoms with E-state index in [0.717, 1.165) is 230 Å². The second-order valence-electron chi connectivity index (χ2n) is 35.4. The predicted octanol–water partition coefficient (Wildman–Crippen LogP) is 27.1. The van der Waals surface area contributed by atoms with Gasteiger partial charge in [0.2, 0.25) is 0 Å². The Hall–Kier alpha value is -13.4. The summed E-state index contributed by atoms with van der Waals surface area (Å²) in [5.41, 5.74) is 2.87. The van der Waals surface area contributed by atoms with Crippen LogP contribution in [0.1, 0.15) is 196 Å². The molecule has 0 amide bonds. The third-order valence-electron chi connectivity index (χ3n) is 26.3. The van der Waals surface area contributed by atoms with Crippen molar-refractivity contribution < 1.29 is 59.1 Å². The van der Waals surface area contributed by atoms with Gasteiger partial charge in [0.25, 0.3) is 0 Å². The Morgan fingerprint density at radius 2 is 0.588 bits per heavy atom. The minimum absolute atomic E-state index is 0.0181. The molecule has 0 spiro atoms. The second kappa shape index (κ2) is 41.6. The zero-order valence-corrected chi connectivity index (χ0v) is 75.8. The van der Waals surface area contributed by atoms with Crippen LogP contribution in [-0.4, -0.2) is 114 Å². The average molecular weight is 1760 g/mol. The normalized spacial score (nSPS) is 14.4. The predicted molar refractivity (Wildman–Crippen MR) is 521 cm³/mol. The first-order chi connectivity index (χ1) is 64.1. The van der Waals surface area contributed by atoms with Gasteiger partial charge < -0.3 is 59.1 Å². The highest BCUT2D eigenvalue weighted by atomic mass is 16.5. The van der Waals surface area contributed by atoms with Crippen molar-refractivity contribution in [2.45, 2.75) is 214 Å². The van der Waals surface area contributed by atoms with E-state index in [1.165, 1.54) is 52.6 Å². The molecular weight excluding hydrogens is 1640 g/mol. The molecule has 674 valence electrons. The van der Waals surface area contributed by atoms with E-state index in [1.54, 1.807) is 0 Å². The summed E-state index contributed by atoms with van der Waals surface area (Å²) < 4.78 is 36.9. The number of ether oxygens (including phenoxy) is 6. The standard InChI is InChI=1S/C38H39N3O4.2C36H39N3O4/c1-3-5-9-23(4-2)22-44-28-20-31(42)35(32(43)21-28)37-39-36(40-38(41-37)45-27-12-6-7-13-27)30-19-17-26-15-14-24-10-8-11-25-16-18-29(30)34(26)33(24)25;1-3-5-12-23(4-2)22-42-27-20-30(40)33(31(41)21-27)35-37-34(38-36(39-35)43-26-15-8-9-16-26)32-28-17-10-6-13-24(28)19-25-14-7-11-18-29(25)32;1-3-5-12-23(4-2)22-42-26-20-31(40)33(32(41)21-26)35-37-34(38-36(39-35)43-25-14-7-8-15-25)30-19-24-13-6-9-16-27(24)28-17-10-11-18-29(28)30/h8,10-11,14-21,23,27,42-43H,3-7,9,12-13,22H2,1-2H3;6-7,10-11,13-14,17-21,23,26,40-41H,3-5,8-9,12,15-16,22H2,1-2H3;6,9-11,13,16-21,23,25,40-41H,3-5,7-8,12,14-15,22H2,1-2H3. The van der Waals surface area contributed by atoms with Gasteiger partial charge >= 0.3 is 18.0 Å². The molecule has 3 unspecified atom stereocenters. The monoisotopic (exact) mass is 1760 g/mol. The molecule has 3 heterocycles. The lowest BCUT2D eigenvalue weighted by atomic mass is 9.92. The number of phenolic OH excluding ortho intramolecular Hbond substituents is 6. The summed E-state index contributed by atoms with van der Waals surface area (Å²) in [6, 6.07) is 65.7. The second-order valence-corrected chi connectivity index (χ2v) is 35.4. The molecule has 3 aromatic heterocycles. The molecule has 3 atom stereocenters. The molecule has 16 aromatic rings. The van der Waals surface area contributed by atoms with E-state index in [2.05, 4.69) is 166 Å². The summed E-state index contributed by atoms with van der Waals surface area (Å²) in [5, 5.41) is 82.4. The van der Waals surface area contributed by atoms with Gasteiger partial charge in [0.1, 0.15) is 86.7 Å². The van der Waals surface area contributed by atoms with Crippen LogP contribution in [0.4, 0.5) is 0 Å². The van der Waals surface area contributed by atoms with E-state index >= 15 is 0 Å². The number of rotatable bonds is 33. The summed E-state index contributed by atoms with van der Waals surface area (Å²) in [6.45, 7) is 14.6. The Balaban J connectivity index is 0.000000138. The summed E-state index contributed by atoms with van der Waals surface area (Å²) in [4.78, 5) is 42.8. The molecule has 21 nitrogen and oxygen atoms in total. The SMILES string of the molecule is CCCCC(CC)COc1cc(O)c(-c2nc(OC3CCCC3)nc(-c3c4ccccc4cc4ccccc34)n2)c(O)c1.CCCCC(CC)COc1cc(O)c(-c2nc(OC3CCCC3)nc(-c3cc4ccccc4c4ccccc34)n2)c(O)c1.CCCCC(CC)COc1cc(O)c(-c2nc(OC3CCCC3)nc(-c3ccc4ccc5cccc6ccc3c4c56)n2)c(O)c1. The highest BCUT2D eigenvalue weighted by Crippen LogP contribution is 2.48. The number of hydrogen-bond donors (Lipinski definition) is 6. The minimum Gasteiger partial charge on any atom is -0.507 e. The quantitative estimate of drug-likeness (QED) is 0.0165. The third kappa shape index (κ3) is 20.4. The number of nitrogens with zero attached hydrogens (tertiary/aromatic N) is 9. The molecule has 21 heteroatoms. The van der Waals surface area contributed by atoms with Gasteiger partial charge in [0, 0.05) is 53.1 Å². The molecular formula is C110H117N9O12. The van der Waals surface area contributed by atoms with E-state index in [0.29, 0.717) is 72.3 Å². The lowest BCUT2D eigenvalue weighted by molar-refractivity contribution is 0.192. The highest BCUT2D eigenvalue weighted by Gasteiger charge is 2.30. The molecule has 3 saturated carbocycles. The number of fused-ring (bicyclic) bond motifs is 5. The number of aromatic nitrogens is 9. The molecule has 0 bridgehead atoms. The van der Waals surface area contributed by atoms with Crippen molar-refractivity contribution in [2.75, 3.05) is 19.8 Å². The molecule has 3 fully saturated rings. The highest BCUT2D eigenvalue weighted by molar-refractivity contribution is 6.25. The fraction of sp³-hybridized carbons (Fsp3) is 0.355. The number of benzene rings is 13. The van der Waals surface area contributed by atoms with Crippen molar-refractivity contribution >= 4 is 75.4 Å². The molecule has 0 radical (unpaired) electrons. The summed E-state index contributed by atoms with van der Waals surface area (Å²) in [7, 11) is 0. The molecule has 19 rings (SSSR count). The van der Waals surface area contributed by atoms with Crippen molar-refractivity contribution in [1.29, 1.82) is 0 Å². The van der Waals surface area contributed by atoms with Crippen molar-refractivity contribution in [3.05, 3.63) is 200 Å². The maximum absolute atomic E-state index is 11.2. The first kappa shape index (κ1) is 89.5. The smallest absolute Gasteiger partial charge is 0.320 e. The maximum Gasteiger partial charge on any atom is 0.320 e. The minimum atomic E-state index is -0.164. The van der Waals surface area contributed by atoms with Crippen molar-refractivity contribution in [1.82, 2.24) is 44.9 Å². The van der Waals surface area contributed by atoms with Crippen LogP contribution < -0.4 is 28.4 Å². The van der Waals surface area contributed by atoms with E-state index in [4.69, 9.17) is 58.3 Å². The Labute approximate surface area is 764 Å². The van der Waals surface area contributed by atoms with Gasteiger partial charge in [-0.2, -0.15) is 29.9 Å². The van der Waals surface area contributed by atoms with Gasteiger partial charge in [-0.3, -0.25) is 0 Å². The molecule has 131 heavy (non-hydrogen) atoms. The zero-order valence-electron chi connectivity index (χ0n) is 75.8. The number of aromatic hydroxyl groups is 6. The van der Waals surface area contributed by atoms with Gasteiger partial charge in [-0.25, -0.2) is 15.0 Å². The Morgan fingerprint density at radius 1 is 0.275 bits per heavy atom. The average Bonchev–Trinajstić information content (AvgIpc) is 1.68. The maximum atomic E-state index is 11.2. The Bertz CT molecular complexity index is 6540. The van der Waals surface area contributed by atoms with Crippen molar-refractivity contribution in [3.63, 3.8) is 0 Å². The van der Waals surface area contributed by atoms with Crippen LogP contribution in [0, 0.1) is 17.8 Å². The summed E-state index contributed by atoms with van der Waals surface area (Å²) in [5.74, 6) is 3.20.